The van der Waals surface area contributed by atoms with Crippen molar-refractivity contribution in [1.82, 2.24) is 10.3 Å². The smallest absolute Gasteiger partial charge is 0.0985 e. The molecule has 2 nitrogen and oxygen atoms in total. The highest BCUT2D eigenvalue weighted by atomic mass is 32.2. The summed E-state index contributed by atoms with van der Waals surface area (Å²) in [5, 5.41) is 5.00. The largest absolute Gasteiger partial charge is 0.308 e. The number of thioether (sulfide) groups is 1. The summed E-state index contributed by atoms with van der Waals surface area (Å²) < 4.78 is 0.500. The highest BCUT2D eigenvalue weighted by Crippen LogP contribution is 2.42. The number of thiazole rings is 1. The third-order valence-electron chi connectivity index (χ3n) is 4.30. The number of nitrogens with zero attached hydrogens (tertiary/aromatic N) is 1. The molecule has 0 radical (unpaired) electrons. The molecule has 4 heteroatoms. The van der Waals surface area contributed by atoms with Gasteiger partial charge in [0.05, 0.1) is 10.7 Å². The van der Waals surface area contributed by atoms with Crippen LogP contribution in [0.15, 0.2) is 0 Å². The molecule has 0 aliphatic heterocycles. The van der Waals surface area contributed by atoms with Crippen molar-refractivity contribution in [2.75, 3.05) is 12.8 Å². The van der Waals surface area contributed by atoms with Crippen molar-refractivity contribution < 1.29 is 0 Å². The second kappa shape index (κ2) is 5.98. The highest BCUT2D eigenvalue weighted by Gasteiger charge is 2.36. The van der Waals surface area contributed by atoms with Gasteiger partial charge in [-0.15, -0.1) is 11.3 Å². The highest BCUT2D eigenvalue weighted by molar-refractivity contribution is 8.00. The molecule has 20 heavy (non-hydrogen) atoms. The lowest BCUT2D eigenvalue weighted by atomic mass is 9.84. The van der Waals surface area contributed by atoms with Gasteiger partial charge in [0.1, 0.15) is 0 Å². The van der Waals surface area contributed by atoms with Gasteiger partial charge in [0, 0.05) is 27.6 Å². The van der Waals surface area contributed by atoms with E-state index >= 15 is 0 Å². The maximum absolute atomic E-state index is 4.78. The minimum atomic E-state index is 0.155. The number of hydrogen-bond acceptors (Lipinski definition) is 4. The zero-order valence-corrected chi connectivity index (χ0v) is 15.3. The Bertz CT molecular complexity index is 450. The summed E-state index contributed by atoms with van der Waals surface area (Å²) in [5.41, 5.74) is 1.36. The van der Waals surface area contributed by atoms with Gasteiger partial charge < -0.3 is 5.32 Å². The minimum Gasteiger partial charge on any atom is -0.308 e. The Balaban J connectivity index is 2.02. The van der Waals surface area contributed by atoms with Crippen LogP contribution in [0.2, 0.25) is 0 Å². The van der Waals surface area contributed by atoms with Crippen LogP contribution in [0.3, 0.4) is 0 Å². The average Bonchev–Trinajstić information content (AvgIpc) is 2.70. The predicted molar refractivity (Wildman–Crippen MR) is 92.1 cm³/mol. The van der Waals surface area contributed by atoms with Crippen LogP contribution in [0.1, 0.15) is 68.6 Å². The molecule has 1 atom stereocenters. The Morgan fingerprint density at radius 1 is 1.40 bits per heavy atom. The van der Waals surface area contributed by atoms with Crippen LogP contribution in [-0.4, -0.2) is 22.5 Å². The fraction of sp³-hybridized carbons (Fsp3) is 0.812. The Kier molecular flexibility index (Phi) is 4.87. The Labute approximate surface area is 132 Å². The van der Waals surface area contributed by atoms with E-state index in [0.29, 0.717) is 10.8 Å². The molecule has 1 aromatic rings. The number of rotatable bonds is 5. The normalized spacial score (nSPS) is 19.7. The van der Waals surface area contributed by atoms with Crippen molar-refractivity contribution >= 4 is 23.1 Å². The van der Waals surface area contributed by atoms with Gasteiger partial charge in [0.25, 0.3) is 0 Å². The first kappa shape index (κ1) is 16.3. The van der Waals surface area contributed by atoms with E-state index in [-0.39, 0.29) is 5.41 Å². The number of aryl methyl sites for hydroxylation is 1. The van der Waals surface area contributed by atoms with Gasteiger partial charge in [-0.25, -0.2) is 4.98 Å². The van der Waals surface area contributed by atoms with Crippen molar-refractivity contribution in [1.29, 1.82) is 0 Å². The standard InChI is InChI=1S/C16H28N2S2/c1-11(17-10-16(19-6)8-7-9-16)13-12(2)18-14(20-13)15(3,4)5/h11,17H,7-10H2,1-6H3. The van der Waals surface area contributed by atoms with E-state index < -0.39 is 0 Å². The molecular formula is C16H28N2S2. The van der Waals surface area contributed by atoms with Crippen LogP contribution >= 0.6 is 23.1 Å². The van der Waals surface area contributed by atoms with Crippen LogP contribution in [0.5, 0.6) is 0 Å². The summed E-state index contributed by atoms with van der Waals surface area (Å²) in [4.78, 5) is 6.18. The van der Waals surface area contributed by atoms with Gasteiger partial charge in [-0.2, -0.15) is 11.8 Å². The van der Waals surface area contributed by atoms with Crippen molar-refractivity contribution in [2.24, 2.45) is 0 Å². The third kappa shape index (κ3) is 3.40. The minimum absolute atomic E-state index is 0.155. The maximum Gasteiger partial charge on any atom is 0.0985 e. The second-order valence-electron chi connectivity index (χ2n) is 7.06. The van der Waals surface area contributed by atoms with E-state index in [1.807, 2.05) is 23.1 Å². The number of nitrogens with one attached hydrogen (secondary N) is 1. The molecule has 0 amide bonds. The molecule has 1 fully saturated rings. The molecule has 0 saturated heterocycles. The molecule has 1 unspecified atom stereocenters. The first-order chi connectivity index (χ1) is 9.27. The summed E-state index contributed by atoms with van der Waals surface area (Å²) in [6.45, 7) is 12.3. The van der Waals surface area contributed by atoms with Gasteiger partial charge in [-0.3, -0.25) is 0 Å². The van der Waals surface area contributed by atoms with Crippen LogP contribution < -0.4 is 5.32 Å². The molecule has 1 aromatic heterocycles. The maximum atomic E-state index is 4.78. The fourth-order valence-corrected chi connectivity index (χ4v) is 4.66. The van der Waals surface area contributed by atoms with Crippen molar-refractivity contribution in [3.8, 4) is 0 Å². The van der Waals surface area contributed by atoms with Gasteiger partial charge in [-0.1, -0.05) is 27.2 Å². The average molecular weight is 313 g/mol. The van der Waals surface area contributed by atoms with Crippen LogP contribution in [0.4, 0.5) is 0 Å². The van der Waals surface area contributed by atoms with E-state index in [1.54, 1.807) is 0 Å². The van der Waals surface area contributed by atoms with E-state index in [0.717, 1.165) is 6.54 Å². The Morgan fingerprint density at radius 2 is 2.05 bits per heavy atom. The van der Waals surface area contributed by atoms with Crippen molar-refractivity contribution in [3.63, 3.8) is 0 Å². The quantitative estimate of drug-likeness (QED) is 0.854. The van der Waals surface area contributed by atoms with E-state index in [4.69, 9.17) is 4.98 Å². The lowest BCUT2D eigenvalue weighted by molar-refractivity contribution is 0.335. The molecule has 1 N–H and O–H groups in total. The van der Waals surface area contributed by atoms with Crippen LogP contribution in [0.25, 0.3) is 0 Å². The second-order valence-corrected chi connectivity index (χ2v) is 9.37. The summed E-state index contributed by atoms with van der Waals surface area (Å²) in [6.07, 6.45) is 6.37. The Morgan fingerprint density at radius 3 is 2.45 bits per heavy atom. The van der Waals surface area contributed by atoms with Crippen LogP contribution in [0, 0.1) is 6.92 Å². The first-order valence-electron chi connectivity index (χ1n) is 7.54. The zero-order chi connectivity index (χ0) is 15.0. The monoisotopic (exact) mass is 312 g/mol. The van der Waals surface area contributed by atoms with Crippen LogP contribution in [-0.2, 0) is 5.41 Å². The Hall–Kier alpha value is -0.0600. The molecule has 1 saturated carbocycles. The molecule has 1 heterocycles. The summed E-state index contributed by atoms with van der Waals surface area (Å²) in [5.74, 6) is 0. The van der Waals surface area contributed by atoms with Crippen molar-refractivity contribution in [3.05, 3.63) is 15.6 Å². The van der Waals surface area contributed by atoms with Gasteiger partial charge in [0.15, 0.2) is 0 Å². The summed E-state index contributed by atoms with van der Waals surface area (Å²) in [6, 6.07) is 0.410. The topological polar surface area (TPSA) is 24.9 Å². The summed E-state index contributed by atoms with van der Waals surface area (Å²) >= 11 is 3.91. The van der Waals surface area contributed by atoms with E-state index in [2.05, 4.69) is 46.2 Å². The SMILES string of the molecule is CSC1(CNC(C)c2sc(C(C)(C)C)nc2C)CCC1. The molecular weight excluding hydrogens is 284 g/mol. The molecule has 2 rings (SSSR count). The van der Waals surface area contributed by atoms with E-state index in [1.165, 1.54) is 34.8 Å². The fourth-order valence-electron chi connectivity index (χ4n) is 2.59. The van der Waals surface area contributed by atoms with Gasteiger partial charge in [-0.05, 0) is 32.9 Å². The molecule has 0 bridgehead atoms. The van der Waals surface area contributed by atoms with Gasteiger partial charge >= 0.3 is 0 Å². The van der Waals surface area contributed by atoms with E-state index in [9.17, 15) is 0 Å². The number of hydrogen-bond donors (Lipinski definition) is 1. The predicted octanol–water partition coefficient (Wildman–Crippen LogP) is 4.69. The van der Waals surface area contributed by atoms with Gasteiger partial charge in [0.2, 0.25) is 0 Å². The zero-order valence-electron chi connectivity index (χ0n) is 13.7. The molecule has 1 aliphatic carbocycles. The molecule has 114 valence electrons. The number of aromatic nitrogens is 1. The van der Waals surface area contributed by atoms with Crippen molar-refractivity contribution in [2.45, 2.75) is 70.1 Å². The lowest BCUT2D eigenvalue weighted by Crippen LogP contribution is -2.43. The molecule has 0 aromatic carbocycles. The summed E-state index contributed by atoms with van der Waals surface area (Å²) in [7, 11) is 0. The molecule has 1 aliphatic rings. The lowest BCUT2D eigenvalue weighted by Gasteiger charge is -2.41. The molecule has 0 spiro atoms. The third-order valence-corrected chi connectivity index (χ3v) is 7.48. The first-order valence-corrected chi connectivity index (χ1v) is 9.58.